The maximum absolute atomic E-state index is 12.4. The van der Waals surface area contributed by atoms with E-state index in [-0.39, 0.29) is 12.1 Å². The summed E-state index contributed by atoms with van der Waals surface area (Å²) in [4.78, 5) is 14.6. The first kappa shape index (κ1) is 21.4. The molecule has 0 saturated heterocycles. The van der Waals surface area contributed by atoms with Gasteiger partial charge >= 0.3 is 5.97 Å². The van der Waals surface area contributed by atoms with Gasteiger partial charge in [0.2, 0.25) is 5.75 Å². The zero-order chi connectivity index (χ0) is 19.8. The van der Waals surface area contributed by atoms with Crippen molar-refractivity contribution in [3.05, 3.63) is 17.7 Å². The highest BCUT2D eigenvalue weighted by Crippen LogP contribution is 2.38. The lowest BCUT2D eigenvalue weighted by Crippen LogP contribution is -2.36. The summed E-state index contributed by atoms with van der Waals surface area (Å²) in [6.07, 6.45) is 5.39. The number of hydrogen-bond acceptors (Lipinski definition) is 6. The lowest BCUT2D eigenvalue weighted by molar-refractivity contribution is -0.154. The minimum Gasteiger partial charge on any atom is -0.493 e. The van der Waals surface area contributed by atoms with E-state index in [4.69, 9.17) is 18.9 Å². The van der Waals surface area contributed by atoms with Gasteiger partial charge in [0.1, 0.15) is 6.10 Å². The van der Waals surface area contributed by atoms with E-state index in [1.54, 1.807) is 21.3 Å². The van der Waals surface area contributed by atoms with Gasteiger partial charge in [-0.05, 0) is 57.5 Å². The Labute approximate surface area is 162 Å². The van der Waals surface area contributed by atoms with Crippen LogP contribution in [0.1, 0.15) is 37.7 Å². The topological polar surface area (TPSA) is 57.2 Å². The molecule has 1 aromatic carbocycles. The Bertz CT molecular complexity index is 592. The lowest BCUT2D eigenvalue weighted by Gasteiger charge is -2.33. The van der Waals surface area contributed by atoms with Gasteiger partial charge in [-0.2, -0.15) is 0 Å². The van der Waals surface area contributed by atoms with Crippen LogP contribution in [0.5, 0.6) is 17.2 Å². The van der Waals surface area contributed by atoms with Crippen molar-refractivity contribution in [2.45, 2.75) is 44.6 Å². The van der Waals surface area contributed by atoms with Gasteiger partial charge in [-0.15, -0.1) is 0 Å². The highest BCUT2D eigenvalue weighted by Gasteiger charge is 2.28. The molecule has 0 spiro atoms. The molecule has 1 aliphatic rings. The van der Waals surface area contributed by atoms with Gasteiger partial charge in [0.15, 0.2) is 11.5 Å². The highest BCUT2D eigenvalue weighted by atomic mass is 16.5. The first-order chi connectivity index (χ1) is 13.0. The van der Waals surface area contributed by atoms with Crippen molar-refractivity contribution in [1.82, 2.24) is 4.90 Å². The van der Waals surface area contributed by atoms with E-state index in [0.717, 1.165) is 31.4 Å². The predicted molar refractivity (Wildman–Crippen MR) is 105 cm³/mol. The van der Waals surface area contributed by atoms with Crippen molar-refractivity contribution in [1.29, 1.82) is 0 Å². The Morgan fingerprint density at radius 2 is 1.67 bits per heavy atom. The smallest absolute Gasteiger partial charge is 0.306 e. The molecule has 2 atom stereocenters. The summed E-state index contributed by atoms with van der Waals surface area (Å²) in [7, 11) is 8.88. The second-order valence-electron chi connectivity index (χ2n) is 7.37. The van der Waals surface area contributed by atoms with Crippen LogP contribution >= 0.6 is 0 Å². The highest BCUT2D eigenvalue weighted by molar-refractivity contribution is 5.70. The fraction of sp³-hybridized carbons (Fsp3) is 0.667. The molecule has 1 fully saturated rings. The van der Waals surface area contributed by atoms with Crippen LogP contribution in [-0.4, -0.2) is 58.9 Å². The van der Waals surface area contributed by atoms with Crippen LogP contribution in [0.4, 0.5) is 0 Å². The monoisotopic (exact) mass is 379 g/mol. The Balaban J connectivity index is 1.96. The quantitative estimate of drug-likeness (QED) is 0.614. The van der Waals surface area contributed by atoms with Gasteiger partial charge < -0.3 is 23.8 Å². The molecule has 0 heterocycles. The average molecular weight is 379 g/mol. The van der Waals surface area contributed by atoms with Crippen molar-refractivity contribution in [3.63, 3.8) is 0 Å². The number of nitrogens with zero attached hydrogens (tertiary/aromatic N) is 1. The maximum Gasteiger partial charge on any atom is 0.306 e. The van der Waals surface area contributed by atoms with Crippen LogP contribution in [0.25, 0.3) is 0 Å². The van der Waals surface area contributed by atoms with E-state index < -0.39 is 0 Å². The van der Waals surface area contributed by atoms with E-state index in [9.17, 15) is 4.79 Å². The molecule has 0 aromatic heterocycles. The molecule has 0 N–H and O–H groups in total. The van der Waals surface area contributed by atoms with Crippen molar-refractivity contribution < 1.29 is 23.7 Å². The second-order valence-corrected chi connectivity index (χ2v) is 7.37. The molecule has 1 saturated carbocycles. The fourth-order valence-electron chi connectivity index (χ4n) is 3.76. The van der Waals surface area contributed by atoms with Crippen molar-refractivity contribution >= 4 is 5.97 Å². The van der Waals surface area contributed by atoms with Crippen LogP contribution < -0.4 is 14.2 Å². The third-order valence-electron chi connectivity index (χ3n) is 5.06. The lowest BCUT2D eigenvalue weighted by atomic mass is 9.86. The van der Waals surface area contributed by atoms with Gasteiger partial charge in [0.25, 0.3) is 0 Å². The molecule has 0 aliphatic heterocycles. The first-order valence-corrected chi connectivity index (χ1v) is 9.61. The zero-order valence-electron chi connectivity index (χ0n) is 17.2. The number of rotatable bonds is 9. The Morgan fingerprint density at radius 1 is 1.04 bits per heavy atom. The van der Waals surface area contributed by atoms with Gasteiger partial charge in [-0.25, -0.2) is 0 Å². The summed E-state index contributed by atoms with van der Waals surface area (Å²) < 4.78 is 21.9. The average Bonchev–Trinajstić information content (AvgIpc) is 2.66. The molecule has 0 unspecified atom stereocenters. The largest absolute Gasteiger partial charge is 0.493 e. The van der Waals surface area contributed by atoms with Crippen LogP contribution in [0.15, 0.2) is 12.1 Å². The van der Waals surface area contributed by atoms with Crippen LogP contribution in [0, 0.1) is 5.92 Å². The first-order valence-electron chi connectivity index (χ1n) is 9.61. The number of carbonyl (C=O) groups excluding carboxylic acids is 1. The Morgan fingerprint density at radius 3 is 2.22 bits per heavy atom. The molecule has 2 rings (SSSR count). The van der Waals surface area contributed by atoms with Crippen LogP contribution in [-0.2, 0) is 16.0 Å². The van der Waals surface area contributed by atoms with E-state index in [2.05, 4.69) is 19.0 Å². The van der Waals surface area contributed by atoms with Gasteiger partial charge in [-0.3, -0.25) is 4.79 Å². The van der Waals surface area contributed by atoms with Crippen molar-refractivity contribution in [3.8, 4) is 17.2 Å². The van der Waals surface area contributed by atoms with Gasteiger partial charge in [0.05, 0.1) is 21.3 Å². The normalized spacial score (nSPS) is 19.6. The minimum atomic E-state index is -0.139. The molecule has 152 valence electrons. The van der Waals surface area contributed by atoms with E-state index in [1.807, 2.05) is 12.1 Å². The van der Waals surface area contributed by atoms with Gasteiger partial charge in [0, 0.05) is 18.9 Å². The summed E-state index contributed by atoms with van der Waals surface area (Å²) in [6.45, 7) is 0.963. The maximum atomic E-state index is 12.4. The molecule has 0 radical (unpaired) electrons. The number of esters is 1. The number of methoxy groups -OCH3 is 3. The standard InChI is InChI=1S/C21H33NO5/c1-22(2)14-16-8-6-7-9-17(16)27-20(23)11-10-15-12-18(24-3)21(26-5)19(13-15)25-4/h12-13,16-17H,6-11,14H2,1-5H3/t16-,17+/m1/s1. The SMILES string of the molecule is COc1cc(CCC(=O)O[C@H]2CCCC[C@@H]2CN(C)C)cc(OC)c1OC. The molecule has 1 aromatic rings. The third-order valence-corrected chi connectivity index (χ3v) is 5.06. The molecule has 6 heteroatoms. The molecule has 0 amide bonds. The third kappa shape index (κ3) is 6.03. The van der Waals surface area contributed by atoms with Crippen molar-refractivity contribution in [2.75, 3.05) is 42.0 Å². The minimum absolute atomic E-state index is 0.0357. The van der Waals surface area contributed by atoms with Gasteiger partial charge in [-0.1, -0.05) is 6.42 Å². The summed E-state index contributed by atoms with van der Waals surface area (Å²) in [5.74, 6) is 2.04. The van der Waals surface area contributed by atoms with Crippen LogP contribution in [0.3, 0.4) is 0 Å². The molecular weight excluding hydrogens is 346 g/mol. The summed E-state index contributed by atoms with van der Waals surface area (Å²) in [6, 6.07) is 3.76. The molecule has 0 bridgehead atoms. The summed E-state index contributed by atoms with van der Waals surface area (Å²) in [5.41, 5.74) is 0.954. The summed E-state index contributed by atoms with van der Waals surface area (Å²) in [5, 5.41) is 0. The second kappa shape index (κ2) is 10.4. The van der Waals surface area contributed by atoms with E-state index in [1.165, 1.54) is 6.42 Å². The number of hydrogen-bond donors (Lipinski definition) is 0. The van der Waals surface area contributed by atoms with Crippen LogP contribution in [0.2, 0.25) is 0 Å². The molecule has 1 aliphatic carbocycles. The van der Waals surface area contributed by atoms with Crippen molar-refractivity contribution in [2.24, 2.45) is 5.92 Å². The predicted octanol–water partition coefficient (Wildman–Crippen LogP) is 3.31. The van der Waals surface area contributed by atoms with E-state index >= 15 is 0 Å². The number of ether oxygens (including phenoxy) is 4. The van der Waals surface area contributed by atoms with E-state index in [0.29, 0.717) is 36.0 Å². The number of aryl methyl sites for hydroxylation is 1. The molecule has 27 heavy (non-hydrogen) atoms. The Hall–Kier alpha value is -1.95. The molecule has 6 nitrogen and oxygen atoms in total. The summed E-state index contributed by atoms with van der Waals surface area (Å²) >= 11 is 0. The molecular formula is C21H33NO5. The zero-order valence-corrected chi connectivity index (χ0v) is 17.2. The Kier molecular flexibility index (Phi) is 8.23. The number of benzene rings is 1. The fourth-order valence-corrected chi connectivity index (χ4v) is 3.76. The number of carbonyl (C=O) groups is 1.